The van der Waals surface area contributed by atoms with Crippen molar-refractivity contribution in [1.82, 2.24) is 15.6 Å². The maximum atomic E-state index is 12.7. The van der Waals surface area contributed by atoms with E-state index in [1.807, 2.05) is 0 Å². The zero-order valence-corrected chi connectivity index (χ0v) is 13.1. The average Bonchev–Trinajstić information content (AvgIpc) is 2.45. The lowest BCUT2D eigenvalue weighted by atomic mass is 9.80. The van der Waals surface area contributed by atoms with E-state index in [9.17, 15) is 22.4 Å². The molecule has 2 rings (SSSR count). The number of amides is 2. The third-order valence-corrected chi connectivity index (χ3v) is 3.65. The number of urea groups is 1. The van der Waals surface area contributed by atoms with E-state index < -0.39 is 30.3 Å². The second-order valence-electron chi connectivity index (χ2n) is 5.83. The average molecular weight is 349 g/mol. The molecule has 0 radical (unpaired) electrons. The zero-order chi connectivity index (χ0) is 17.7. The van der Waals surface area contributed by atoms with Crippen LogP contribution in [0, 0.1) is 5.92 Å². The molecule has 2 amide bonds. The van der Waals surface area contributed by atoms with Gasteiger partial charge in [0.1, 0.15) is 12.8 Å². The number of carbonyl (C=O) groups is 1. The lowest BCUT2D eigenvalue weighted by Gasteiger charge is -2.36. The quantitative estimate of drug-likeness (QED) is 0.776. The van der Waals surface area contributed by atoms with Crippen molar-refractivity contribution in [1.29, 1.82) is 0 Å². The highest BCUT2D eigenvalue weighted by atomic mass is 19.4. The van der Waals surface area contributed by atoms with Crippen LogP contribution in [0.15, 0.2) is 18.3 Å². The predicted molar refractivity (Wildman–Crippen MR) is 78.2 cm³/mol. The molecule has 0 saturated heterocycles. The van der Waals surface area contributed by atoms with E-state index in [1.165, 1.54) is 13.1 Å². The van der Waals surface area contributed by atoms with Crippen molar-refractivity contribution in [2.24, 2.45) is 5.92 Å². The fourth-order valence-electron chi connectivity index (χ4n) is 2.26. The Morgan fingerprint density at radius 3 is 2.79 bits per heavy atom. The Kier molecular flexibility index (Phi) is 5.84. The normalized spacial score (nSPS) is 21.5. The van der Waals surface area contributed by atoms with Crippen LogP contribution >= 0.6 is 0 Å². The Bertz CT molecular complexity index is 560. The minimum Gasteiger partial charge on any atom is -0.475 e. The number of halogens is 4. The summed E-state index contributed by atoms with van der Waals surface area (Å²) in [6.07, 6.45) is -4.04. The first-order chi connectivity index (χ1) is 11.2. The monoisotopic (exact) mass is 349 g/mol. The molecule has 24 heavy (non-hydrogen) atoms. The molecule has 1 aromatic heterocycles. The molecule has 0 aliphatic heterocycles. The summed E-state index contributed by atoms with van der Waals surface area (Å²) in [4.78, 5) is 15.6. The summed E-state index contributed by atoms with van der Waals surface area (Å²) in [6.45, 7) is 1.40. The summed E-state index contributed by atoms with van der Waals surface area (Å²) in [7, 11) is 0. The highest BCUT2D eigenvalue weighted by molar-refractivity contribution is 5.74. The van der Waals surface area contributed by atoms with Crippen molar-refractivity contribution in [2.45, 2.75) is 44.7 Å². The molecule has 5 nitrogen and oxygen atoms in total. The second kappa shape index (κ2) is 7.67. The summed E-state index contributed by atoms with van der Waals surface area (Å²) in [5.41, 5.74) is 0.684. The van der Waals surface area contributed by atoms with Gasteiger partial charge in [-0.15, -0.1) is 0 Å². The third-order valence-electron chi connectivity index (χ3n) is 3.65. The van der Waals surface area contributed by atoms with Gasteiger partial charge in [0, 0.05) is 24.8 Å². The second-order valence-corrected chi connectivity index (χ2v) is 5.83. The van der Waals surface area contributed by atoms with Gasteiger partial charge in [-0.1, -0.05) is 0 Å². The van der Waals surface area contributed by atoms with Gasteiger partial charge in [-0.3, -0.25) is 0 Å². The molecular formula is C15H19F4N3O2. The van der Waals surface area contributed by atoms with Gasteiger partial charge in [0.05, 0.1) is 5.92 Å². The Morgan fingerprint density at radius 2 is 2.17 bits per heavy atom. The Hall–Kier alpha value is -2.06. The molecule has 2 N–H and O–H groups in total. The van der Waals surface area contributed by atoms with Crippen molar-refractivity contribution >= 4 is 6.03 Å². The molecule has 0 bridgehead atoms. The number of carbonyl (C=O) groups excluding carboxylic acids is 1. The summed E-state index contributed by atoms with van der Waals surface area (Å²) >= 11 is 0. The molecule has 0 spiro atoms. The van der Waals surface area contributed by atoms with Crippen molar-refractivity contribution in [3.05, 3.63) is 23.9 Å². The van der Waals surface area contributed by atoms with Crippen LogP contribution in [0.1, 0.15) is 25.3 Å². The molecule has 1 aliphatic rings. The highest BCUT2D eigenvalue weighted by Crippen LogP contribution is 2.40. The number of nitrogens with zero attached hydrogens (tertiary/aromatic N) is 1. The minimum absolute atomic E-state index is 0.0917. The molecule has 0 unspecified atom stereocenters. The van der Waals surface area contributed by atoms with Crippen molar-refractivity contribution in [3.63, 3.8) is 0 Å². The van der Waals surface area contributed by atoms with E-state index in [4.69, 9.17) is 4.74 Å². The van der Waals surface area contributed by atoms with Gasteiger partial charge >= 0.3 is 12.2 Å². The molecule has 9 heteroatoms. The molecule has 1 fully saturated rings. The predicted octanol–water partition coefficient (Wildman–Crippen LogP) is 2.96. The largest absolute Gasteiger partial charge is 0.475 e. The first-order valence-electron chi connectivity index (χ1n) is 7.57. The maximum Gasteiger partial charge on any atom is 0.391 e. The number of alkyl halides is 4. The third kappa shape index (κ3) is 5.54. The van der Waals surface area contributed by atoms with Gasteiger partial charge < -0.3 is 15.4 Å². The van der Waals surface area contributed by atoms with Crippen LogP contribution in [0.2, 0.25) is 0 Å². The number of hydrogen-bond acceptors (Lipinski definition) is 3. The molecule has 1 heterocycles. The van der Waals surface area contributed by atoms with Crippen LogP contribution in [0.25, 0.3) is 0 Å². The number of aromatic nitrogens is 1. The summed E-state index contributed by atoms with van der Waals surface area (Å²) in [5, 5.41) is 5.05. The van der Waals surface area contributed by atoms with E-state index in [-0.39, 0.29) is 31.9 Å². The van der Waals surface area contributed by atoms with Crippen LogP contribution in [0.5, 0.6) is 5.88 Å². The van der Waals surface area contributed by atoms with Gasteiger partial charge in [0.25, 0.3) is 0 Å². The highest BCUT2D eigenvalue weighted by Gasteiger charge is 2.48. The van der Waals surface area contributed by atoms with Crippen molar-refractivity contribution in [3.8, 4) is 5.88 Å². The molecule has 1 saturated carbocycles. The van der Waals surface area contributed by atoms with Gasteiger partial charge in [-0.05, 0) is 31.4 Å². The first-order valence-corrected chi connectivity index (χ1v) is 7.57. The van der Waals surface area contributed by atoms with E-state index in [2.05, 4.69) is 15.6 Å². The first kappa shape index (κ1) is 18.3. The number of ether oxygens (including phenoxy) is 1. The summed E-state index contributed by atoms with van der Waals surface area (Å²) < 4.78 is 54.9. The SMILES string of the molecule is C[C@H](F)COc1cc(CNC(=O)N[C@H]2C[C@H](C(F)(F)F)C2)ccn1. The molecule has 1 atom stereocenters. The fraction of sp³-hybridized carbons (Fsp3) is 0.600. The Labute approximate surface area is 136 Å². The number of rotatable bonds is 6. The van der Waals surface area contributed by atoms with E-state index >= 15 is 0 Å². The Morgan fingerprint density at radius 1 is 1.46 bits per heavy atom. The van der Waals surface area contributed by atoms with E-state index in [1.54, 1.807) is 12.1 Å². The fourth-order valence-corrected chi connectivity index (χ4v) is 2.26. The molecule has 1 aliphatic carbocycles. The summed E-state index contributed by atoms with van der Waals surface area (Å²) in [5.74, 6) is -1.09. The lowest BCUT2D eigenvalue weighted by molar-refractivity contribution is -0.198. The topological polar surface area (TPSA) is 63.2 Å². The number of pyridine rings is 1. The minimum atomic E-state index is -4.20. The standard InChI is InChI=1S/C15H19F4N3O2/c1-9(16)8-24-13-4-10(2-3-20-13)7-21-14(23)22-12-5-11(6-12)15(17,18)19/h2-4,9,11-12H,5-8H2,1H3,(H2,21,22,23)/t9-,11-,12-/m0/s1. The van der Waals surface area contributed by atoms with Crippen LogP contribution in [-0.4, -0.2) is 36.0 Å². The van der Waals surface area contributed by atoms with Crippen molar-refractivity contribution in [2.75, 3.05) is 6.61 Å². The van der Waals surface area contributed by atoms with Crippen LogP contribution in [0.3, 0.4) is 0 Å². The van der Waals surface area contributed by atoms with Gasteiger partial charge in [-0.25, -0.2) is 14.2 Å². The van der Waals surface area contributed by atoms with Gasteiger partial charge in [0.15, 0.2) is 0 Å². The van der Waals surface area contributed by atoms with Crippen LogP contribution < -0.4 is 15.4 Å². The zero-order valence-electron chi connectivity index (χ0n) is 13.1. The smallest absolute Gasteiger partial charge is 0.391 e. The molecule has 134 valence electrons. The summed E-state index contributed by atoms with van der Waals surface area (Å²) in [6, 6.07) is 2.22. The molecular weight excluding hydrogens is 330 g/mol. The number of nitrogens with one attached hydrogen (secondary N) is 2. The van der Waals surface area contributed by atoms with E-state index in [0.717, 1.165) is 0 Å². The van der Waals surface area contributed by atoms with E-state index in [0.29, 0.717) is 5.56 Å². The van der Waals surface area contributed by atoms with Crippen LogP contribution in [0.4, 0.5) is 22.4 Å². The maximum absolute atomic E-state index is 12.7. The number of hydrogen-bond donors (Lipinski definition) is 2. The molecule has 0 aromatic carbocycles. The van der Waals surface area contributed by atoms with Gasteiger partial charge in [0.2, 0.25) is 5.88 Å². The molecule has 1 aromatic rings. The van der Waals surface area contributed by atoms with Crippen LogP contribution in [-0.2, 0) is 6.54 Å². The van der Waals surface area contributed by atoms with Gasteiger partial charge in [-0.2, -0.15) is 13.2 Å². The Balaban J connectivity index is 1.71. The van der Waals surface area contributed by atoms with Crippen molar-refractivity contribution < 1.29 is 27.1 Å². The lowest BCUT2D eigenvalue weighted by Crippen LogP contribution is -2.51.